The Bertz CT molecular complexity index is 1700. The molecule has 320 valence electrons. The fourth-order valence-electron chi connectivity index (χ4n) is 5.54. The lowest BCUT2D eigenvalue weighted by Crippen LogP contribution is -2.59. The number of hydrogen-bond donors (Lipinski definition) is 13. The lowest BCUT2D eigenvalue weighted by molar-refractivity contribution is -0.142. The second kappa shape index (κ2) is 22.8. The highest BCUT2D eigenvalue weighted by Crippen LogP contribution is 2.18. The minimum atomic E-state index is -1.73. The molecule has 1 saturated heterocycles. The van der Waals surface area contributed by atoms with Crippen LogP contribution in [0.3, 0.4) is 0 Å². The largest absolute Gasteiger partial charge is 0.480 e. The summed E-state index contributed by atoms with van der Waals surface area (Å²) in [5.41, 5.74) is 21.3. The van der Waals surface area contributed by atoms with Crippen molar-refractivity contribution in [3.63, 3.8) is 0 Å². The van der Waals surface area contributed by atoms with E-state index in [1.165, 1.54) is 12.5 Å². The number of carbonyl (C=O) groups is 11. The number of aromatic amines is 1. The maximum absolute atomic E-state index is 13.5. The fourth-order valence-corrected chi connectivity index (χ4v) is 5.54. The Morgan fingerprint density at radius 3 is 2.02 bits per heavy atom. The number of H-pyrrole nitrogens is 1. The van der Waals surface area contributed by atoms with Crippen molar-refractivity contribution in [2.75, 3.05) is 19.6 Å². The number of rotatable bonds is 24. The molecule has 1 aliphatic heterocycles. The number of amides is 10. The number of hydrogen-bond acceptors (Lipinski definition) is 14. The van der Waals surface area contributed by atoms with Gasteiger partial charge in [0.15, 0.2) is 0 Å². The maximum Gasteiger partial charge on any atom is 0.326 e. The summed E-state index contributed by atoms with van der Waals surface area (Å²) in [7, 11) is 0. The fraction of sp³-hybridized carbons (Fsp3) is 0.562. The Morgan fingerprint density at radius 2 is 1.45 bits per heavy atom. The van der Waals surface area contributed by atoms with E-state index >= 15 is 0 Å². The molecule has 0 aliphatic carbocycles. The minimum absolute atomic E-state index is 0.0307. The first-order valence-electron chi connectivity index (χ1n) is 17.7. The van der Waals surface area contributed by atoms with Crippen molar-refractivity contribution in [1.29, 1.82) is 0 Å². The second-order valence-electron chi connectivity index (χ2n) is 13.2. The first-order chi connectivity index (χ1) is 27.2. The number of aromatic nitrogens is 2. The van der Waals surface area contributed by atoms with E-state index in [9.17, 15) is 63.0 Å². The molecule has 26 nitrogen and oxygen atoms in total. The van der Waals surface area contributed by atoms with Gasteiger partial charge in [-0.2, -0.15) is 0 Å². The van der Waals surface area contributed by atoms with E-state index in [2.05, 4.69) is 41.9 Å². The van der Waals surface area contributed by atoms with Crippen LogP contribution in [0, 0.1) is 0 Å². The molecule has 1 aromatic heterocycles. The molecular formula is C32H49N13O13. The van der Waals surface area contributed by atoms with E-state index in [-0.39, 0.29) is 25.1 Å². The molecule has 2 rings (SSSR count). The van der Waals surface area contributed by atoms with Gasteiger partial charge in [0, 0.05) is 25.6 Å². The van der Waals surface area contributed by atoms with Gasteiger partial charge >= 0.3 is 5.97 Å². The van der Waals surface area contributed by atoms with Crippen molar-refractivity contribution < 1.29 is 63.0 Å². The number of carbonyl (C=O) groups excluding carboxylic acids is 10. The van der Waals surface area contributed by atoms with Crippen LogP contribution in [0.2, 0.25) is 0 Å². The highest BCUT2D eigenvalue weighted by molar-refractivity contribution is 5.98. The SMILES string of the molecule is C[C@@H](O)[C@H](NC(=O)CNC(=O)[C@@H](N)CC(N)=O)C(=O)NCC(=O)N1CCC[C@H]1C(=O)N[C@@H](CCC(N)=O)C(=O)N[C@@H](CC(N)=O)C(=O)N[C@@H](Cc1c[nH]cn1)C(=O)O. The zero-order valence-electron chi connectivity index (χ0n) is 31.4. The molecule has 0 saturated carbocycles. The van der Waals surface area contributed by atoms with Crippen molar-refractivity contribution in [2.45, 2.75) is 94.2 Å². The van der Waals surface area contributed by atoms with E-state index in [0.29, 0.717) is 6.42 Å². The number of likely N-dealkylation sites (tertiary alicyclic amines) is 1. The average Bonchev–Trinajstić information content (AvgIpc) is 3.85. The Labute approximate surface area is 329 Å². The van der Waals surface area contributed by atoms with Crippen molar-refractivity contribution >= 4 is 65.0 Å². The third kappa shape index (κ3) is 15.8. The third-order valence-corrected chi connectivity index (χ3v) is 8.49. The van der Waals surface area contributed by atoms with Crippen LogP contribution < -0.4 is 54.8 Å². The number of aliphatic carboxylic acids is 1. The molecule has 0 bridgehead atoms. The molecule has 26 heteroatoms. The van der Waals surface area contributed by atoms with Crippen molar-refractivity contribution in [3.05, 3.63) is 18.2 Å². The molecule has 58 heavy (non-hydrogen) atoms. The number of imidazole rings is 1. The van der Waals surface area contributed by atoms with Gasteiger partial charge in [-0.25, -0.2) is 9.78 Å². The third-order valence-electron chi connectivity index (χ3n) is 8.49. The van der Waals surface area contributed by atoms with Gasteiger partial charge in [0.2, 0.25) is 59.1 Å². The Kier molecular flexibility index (Phi) is 18.6. The summed E-state index contributed by atoms with van der Waals surface area (Å²) in [5, 5.41) is 33.2. The molecule has 2 heterocycles. The van der Waals surface area contributed by atoms with Crippen LogP contribution in [0.5, 0.6) is 0 Å². The maximum atomic E-state index is 13.5. The van der Waals surface area contributed by atoms with Crippen LogP contribution in [0.25, 0.3) is 0 Å². The van der Waals surface area contributed by atoms with Gasteiger partial charge in [-0.05, 0) is 26.2 Å². The molecule has 0 radical (unpaired) electrons. The van der Waals surface area contributed by atoms with Crippen LogP contribution in [-0.2, 0) is 59.2 Å². The van der Waals surface area contributed by atoms with Crippen molar-refractivity contribution in [1.82, 2.24) is 46.8 Å². The summed E-state index contributed by atoms with van der Waals surface area (Å²) in [6.07, 6.45) is -0.800. The summed E-state index contributed by atoms with van der Waals surface area (Å²) < 4.78 is 0. The van der Waals surface area contributed by atoms with E-state index < -0.39 is 146 Å². The van der Waals surface area contributed by atoms with E-state index in [0.717, 1.165) is 11.8 Å². The quantitative estimate of drug-likeness (QED) is 0.0460. The topological polar surface area (TPSA) is 436 Å². The Morgan fingerprint density at radius 1 is 0.828 bits per heavy atom. The number of nitrogens with one attached hydrogen (secondary N) is 7. The number of nitrogens with two attached hydrogens (primary N) is 4. The summed E-state index contributed by atoms with van der Waals surface area (Å²) in [6, 6.07) is -8.98. The van der Waals surface area contributed by atoms with Gasteiger partial charge in [0.25, 0.3) is 0 Å². The number of aliphatic hydroxyl groups excluding tert-OH is 1. The first-order valence-corrected chi connectivity index (χ1v) is 17.7. The monoisotopic (exact) mass is 823 g/mol. The predicted octanol–water partition coefficient (Wildman–Crippen LogP) is -8.08. The van der Waals surface area contributed by atoms with Crippen LogP contribution in [-0.4, -0.2) is 152 Å². The zero-order valence-corrected chi connectivity index (χ0v) is 31.4. The standard InChI is InChI=1S/C32H49N13O13/c1-14(46)26(44-24(50)11-38-27(52)16(33)8-22(35)48)31(56)39-12-25(51)45-6-2-3-20(45)30(55)41-17(4-5-21(34)47)28(53)42-18(9-23(36)49)29(54)43-19(32(57)58)7-15-10-37-13-40-15/h10,13-14,16-20,26,46H,2-9,11-12,33H2,1H3,(H2,34,47)(H2,35,48)(H2,36,49)(H,37,40)(H,38,52)(H,39,56)(H,41,55)(H,42,53)(H,43,54)(H,44,50)(H,57,58)/t14-,16+,17+,18+,19+,20+,26+/m1/s1. The summed E-state index contributed by atoms with van der Waals surface area (Å²) in [5.74, 6) is -10.9. The van der Waals surface area contributed by atoms with E-state index in [4.69, 9.17) is 22.9 Å². The van der Waals surface area contributed by atoms with Crippen LogP contribution in [0.4, 0.5) is 0 Å². The Hall–Kier alpha value is -6.70. The smallest absolute Gasteiger partial charge is 0.326 e. The Balaban J connectivity index is 2.09. The first kappa shape index (κ1) is 47.5. The number of primary amides is 3. The summed E-state index contributed by atoms with van der Waals surface area (Å²) in [6.45, 7) is -0.214. The summed E-state index contributed by atoms with van der Waals surface area (Å²) >= 11 is 0. The average molecular weight is 824 g/mol. The predicted molar refractivity (Wildman–Crippen MR) is 194 cm³/mol. The lowest BCUT2D eigenvalue weighted by Gasteiger charge is -2.28. The van der Waals surface area contributed by atoms with Gasteiger partial charge in [-0.15, -0.1) is 0 Å². The molecule has 0 aromatic carbocycles. The molecule has 7 atom stereocenters. The lowest BCUT2D eigenvalue weighted by atomic mass is 10.1. The highest BCUT2D eigenvalue weighted by atomic mass is 16.4. The van der Waals surface area contributed by atoms with Crippen LogP contribution in [0.15, 0.2) is 12.5 Å². The van der Waals surface area contributed by atoms with Crippen LogP contribution >= 0.6 is 0 Å². The molecule has 0 unspecified atom stereocenters. The molecule has 1 aromatic rings. The van der Waals surface area contributed by atoms with Crippen molar-refractivity contribution in [3.8, 4) is 0 Å². The number of nitrogens with zero attached hydrogens (tertiary/aromatic N) is 2. The second-order valence-corrected chi connectivity index (χ2v) is 13.2. The van der Waals surface area contributed by atoms with Gasteiger partial charge in [-0.3, -0.25) is 47.9 Å². The van der Waals surface area contributed by atoms with Gasteiger partial charge in [0.1, 0.15) is 30.2 Å². The summed E-state index contributed by atoms with van der Waals surface area (Å²) in [4.78, 5) is 144. The zero-order chi connectivity index (χ0) is 43.7. The van der Waals surface area contributed by atoms with E-state index in [1.807, 2.05) is 0 Å². The molecular weight excluding hydrogens is 774 g/mol. The number of carboxylic acid groups (broad SMARTS) is 1. The van der Waals surface area contributed by atoms with Gasteiger partial charge in [0.05, 0.1) is 50.1 Å². The van der Waals surface area contributed by atoms with Gasteiger partial charge in [-0.1, -0.05) is 0 Å². The molecule has 1 aliphatic rings. The van der Waals surface area contributed by atoms with Gasteiger partial charge < -0.3 is 74.9 Å². The molecule has 0 spiro atoms. The minimum Gasteiger partial charge on any atom is -0.480 e. The number of carboxylic acids is 1. The molecule has 10 amide bonds. The van der Waals surface area contributed by atoms with Crippen LogP contribution in [0.1, 0.15) is 51.1 Å². The number of aliphatic hydroxyl groups is 1. The normalized spacial score (nSPS) is 16.5. The highest BCUT2D eigenvalue weighted by Gasteiger charge is 2.37. The molecule has 1 fully saturated rings. The van der Waals surface area contributed by atoms with Crippen molar-refractivity contribution in [2.24, 2.45) is 22.9 Å². The van der Waals surface area contributed by atoms with E-state index in [1.54, 1.807) is 0 Å². The molecule has 17 N–H and O–H groups in total.